The van der Waals surface area contributed by atoms with Crippen LogP contribution in [-0.4, -0.2) is 22.5 Å². The van der Waals surface area contributed by atoms with Crippen LogP contribution in [-0.2, 0) is 0 Å². The fourth-order valence-corrected chi connectivity index (χ4v) is 4.13. The summed E-state index contributed by atoms with van der Waals surface area (Å²) in [6.45, 7) is 2.39. The van der Waals surface area contributed by atoms with Gasteiger partial charge in [-0.1, -0.05) is 18.7 Å². The Balaban J connectivity index is 1.61. The van der Waals surface area contributed by atoms with Crippen LogP contribution >= 0.6 is 11.8 Å². The fraction of sp³-hybridized carbons (Fsp3) is 0.923. The van der Waals surface area contributed by atoms with E-state index in [0.29, 0.717) is 11.6 Å². The summed E-state index contributed by atoms with van der Waals surface area (Å²) in [6, 6.07) is 0.646. The summed E-state index contributed by atoms with van der Waals surface area (Å²) in [4.78, 5) is 4.82. The number of nitrogens with zero attached hydrogens (tertiary/aromatic N) is 1. The van der Waals surface area contributed by atoms with E-state index in [1.807, 2.05) is 11.8 Å². The quantitative estimate of drug-likeness (QED) is 0.759. The molecule has 2 aliphatic carbocycles. The molecule has 1 aliphatic heterocycles. The minimum atomic E-state index is 0.416. The van der Waals surface area contributed by atoms with Gasteiger partial charge in [0.15, 0.2) is 5.17 Å². The molecule has 0 aromatic carbocycles. The van der Waals surface area contributed by atoms with E-state index >= 15 is 0 Å². The Morgan fingerprint density at radius 1 is 1.25 bits per heavy atom. The first-order valence-corrected chi connectivity index (χ1v) is 7.73. The lowest BCUT2D eigenvalue weighted by Crippen LogP contribution is -2.46. The molecule has 0 unspecified atom stereocenters. The third-order valence-electron chi connectivity index (χ3n) is 4.46. The van der Waals surface area contributed by atoms with Gasteiger partial charge in [-0.2, -0.15) is 0 Å². The topological polar surface area (TPSA) is 24.4 Å². The smallest absolute Gasteiger partial charge is 0.157 e. The van der Waals surface area contributed by atoms with E-state index in [1.165, 1.54) is 55.9 Å². The van der Waals surface area contributed by atoms with Gasteiger partial charge in [0.05, 0.1) is 6.04 Å². The van der Waals surface area contributed by atoms with Gasteiger partial charge in [-0.25, -0.2) is 0 Å². The van der Waals surface area contributed by atoms with E-state index in [0.717, 1.165) is 5.92 Å². The van der Waals surface area contributed by atoms with E-state index in [4.69, 9.17) is 4.99 Å². The minimum Gasteiger partial charge on any atom is -0.359 e. The summed E-state index contributed by atoms with van der Waals surface area (Å²) >= 11 is 1.97. The van der Waals surface area contributed by atoms with Crippen LogP contribution in [0.25, 0.3) is 0 Å². The minimum absolute atomic E-state index is 0.416. The van der Waals surface area contributed by atoms with Crippen molar-refractivity contribution in [1.29, 1.82) is 0 Å². The van der Waals surface area contributed by atoms with Crippen LogP contribution in [0.4, 0.5) is 0 Å². The summed E-state index contributed by atoms with van der Waals surface area (Å²) in [6.07, 6.45) is 9.50. The molecular weight excluding hydrogens is 216 g/mol. The number of aliphatic imine (C=N–C) groups is 1. The van der Waals surface area contributed by atoms with Crippen molar-refractivity contribution in [3.63, 3.8) is 0 Å². The molecule has 2 nitrogen and oxygen atoms in total. The third-order valence-corrected chi connectivity index (χ3v) is 5.64. The third kappa shape index (κ3) is 2.11. The summed E-state index contributed by atoms with van der Waals surface area (Å²) in [7, 11) is 0. The molecule has 16 heavy (non-hydrogen) atoms. The predicted octanol–water partition coefficient (Wildman–Crippen LogP) is 3.18. The zero-order valence-corrected chi connectivity index (χ0v) is 11.0. The molecule has 2 saturated carbocycles. The molecule has 3 heteroatoms. The van der Waals surface area contributed by atoms with E-state index in [9.17, 15) is 0 Å². The monoisotopic (exact) mass is 238 g/mol. The summed E-state index contributed by atoms with van der Waals surface area (Å²) in [5.41, 5.74) is 0.416. The Morgan fingerprint density at radius 2 is 2.00 bits per heavy atom. The van der Waals surface area contributed by atoms with E-state index < -0.39 is 0 Å². The van der Waals surface area contributed by atoms with Gasteiger partial charge < -0.3 is 5.32 Å². The number of hydrogen-bond acceptors (Lipinski definition) is 2. The summed E-state index contributed by atoms with van der Waals surface area (Å²) < 4.78 is 0. The summed E-state index contributed by atoms with van der Waals surface area (Å²) in [5.74, 6) is 2.19. The van der Waals surface area contributed by atoms with Gasteiger partial charge in [0.25, 0.3) is 0 Å². The first-order valence-electron chi connectivity index (χ1n) is 6.75. The molecular formula is C13H22N2S. The Morgan fingerprint density at radius 3 is 2.62 bits per heavy atom. The maximum atomic E-state index is 4.82. The molecule has 0 atom stereocenters. The van der Waals surface area contributed by atoms with E-state index in [2.05, 4.69) is 12.2 Å². The first-order chi connectivity index (χ1) is 7.76. The number of nitrogens with one attached hydrogen (secondary N) is 1. The maximum Gasteiger partial charge on any atom is 0.157 e. The van der Waals surface area contributed by atoms with Gasteiger partial charge in [0.1, 0.15) is 0 Å². The van der Waals surface area contributed by atoms with Crippen LogP contribution in [0.15, 0.2) is 4.99 Å². The summed E-state index contributed by atoms with van der Waals surface area (Å²) in [5, 5.41) is 4.99. The Bertz CT molecular complexity index is 288. The Kier molecular flexibility index (Phi) is 2.90. The first kappa shape index (κ1) is 10.9. The number of rotatable bonds is 1. The Hall–Kier alpha value is -0.180. The second kappa shape index (κ2) is 4.25. The lowest BCUT2D eigenvalue weighted by Gasteiger charge is -2.35. The molecule has 0 aromatic rings. The van der Waals surface area contributed by atoms with Crippen molar-refractivity contribution < 1.29 is 0 Å². The lowest BCUT2D eigenvalue weighted by atomic mass is 9.78. The van der Waals surface area contributed by atoms with Crippen molar-refractivity contribution in [2.24, 2.45) is 10.9 Å². The highest BCUT2D eigenvalue weighted by molar-refractivity contribution is 8.14. The molecule has 3 fully saturated rings. The van der Waals surface area contributed by atoms with Crippen LogP contribution in [0, 0.1) is 5.92 Å². The number of hydrogen-bond donors (Lipinski definition) is 1. The molecule has 0 aromatic heterocycles. The van der Waals surface area contributed by atoms with Crippen molar-refractivity contribution >= 4 is 16.9 Å². The van der Waals surface area contributed by atoms with Crippen LogP contribution < -0.4 is 5.32 Å². The molecule has 90 valence electrons. The highest BCUT2D eigenvalue weighted by Crippen LogP contribution is 2.38. The largest absolute Gasteiger partial charge is 0.359 e. The highest BCUT2D eigenvalue weighted by Gasteiger charge is 2.39. The maximum absolute atomic E-state index is 4.82. The molecule has 1 saturated heterocycles. The molecule has 1 spiro atoms. The van der Waals surface area contributed by atoms with E-state index in [1.54, 1.807) is 0 Å². The zero-order chi connectivity index (χ0) is 11.0. The van der Waals surface area contributed by atoms with E-state index in [-0.39, 0.29) is 0 Å². The zero-order valence-electron chi connectivity index (χ0n) is 10.2. The van der Waals surface area contributed by atoms with Crippen molar-refractivity contribution in [2.45, 2.75) is 63.5 Å². The predicted molar refractivity (Wildman–Crippen MR) is 71.0 cm³/mol. The normalized spacial score (nSPS) is 42.3. The van der Waals surface area contributed by atoms with Crippen LogP contribution in [0.5, 0.6) is 0 Å². The molecule has 0 amide bonds. The van der Waals surface area contributed by atoms with Crippen molar-refractivity contribution in [1.82, 2.24) is 5.32 Å². The average Bonchev–Trinajstić information content (AvgIpc) is 2.61. The molecule has 0 bridgehead atoms. The molecule has 0 radical (unpaired) electrons. The molecule has 3 rings (SSSR count). The van der Waals surface area contributed by atoms with Crippen LogP contribution in [0.2, 0.25) is 0 Å². The van der Waals surface area contributed by atoms with Crippen molar-refractivity contribution in [3.8, 4) is 0 Å². The Labute approximate surface area is 103 Å². The van der Waals surface area contributed by atoms with Gasteiger partial charge in [0, 0.05) is 11.3 Å². The average molecular weight is 238 g/mol. The SMILES string of the molecule is CC1CCC2(CC1)CSC(=NC1CCC1)N2. The fourth-order valence-electron chi connectivity index (χ4n) is 2.84. The van der Waals surface area contributed by atoms with Gasteiger partial charge in [-0.15, -0.1) is 0 Å². The lowest BCUT2D eigenvalue weighted by molar-refractivity contribution is 0.250. The van der Waals surface area contributed by atoms with Gasteiger partial charge in [0.2, 0.25) is 0 Å². The highest BCUT2D eigenvalue weighted by atomic mass is 32.2. The van der Waals surface area contributed by atoms with Crippen LogP contribution in [0.1, 0.15) is 51.9 Å². The second-order valence-corrected chi connectivity index (χ2v) is 6.86. The molecule has 1 heterocycles. The van der Waals surface area contributed by atoms with Gasteiger partial charge in [-0.3, -0.25) is 4.99 Å². The van der Waals surface area contributed by atoms with Gasteiger partial charge in [-0.05, 0) is 50.9 Å². The standard InChI is InChI=1S/C13H22N2S/c1-10-5-7-13(8-6-10)9-16-12(15-13)14-11-3-2-4-11/h10-11H,2-9H2,1H3,(H,14,15). The number of amidine groups is 1. The second-order valence-electron chi connectivity index (χ2n) is 5.90. The molecule has 3 aliphatic rings. The number of thioether (sulfide) groups is 1. The van der Waals surface area contributed by atoms with Crippen LogP contribution in [0.3, 0.4) is 0 Å². The van der Waals surface area contributed by atoms with Crippen molar-refractivity contribution in [2.75, 3.05) is 5.75 Å². The van der Waals surface area contributed by atoms with Crippen molar-refractivity contribution in [3.05, 3.63) is 0 Å². The molecule has 1 N–H and O–H groups in total. The van der Waals surface area contributed by atoms with Gasteiger partial charge >= 0.3 is 0 Å².